The Hall–Kier alpha value is -1.91. The van der Waals surface area contributed by atoms with Crippen LogP contribution in [0.15, 0.2) is 18.2 Å². The summed E-state index contributed by atoms with van der Waals surface area (Å²) in [5.74, 6) is -0.944. The van der Waals surface area contributed by atoms with Gasteiger partial charge in [0.2, 0.25) is 5.91 Å². The molecule has 1 atom stereocenters. The number of hydrogen-bond acceptors (Lipinski definition) is 3. The fourth-order valence-corrected chi connectivity index (χ4v) is 1.91. The molecule has 0 aliphatic carbocycles. The van der Waals surface area contributed by atoms with Gasteiger partial charge in [-0.3, -0.25) is 9.59 Å². The van der Waals surface area contributed by atoms with Crippen molar-refractivity contribution in [2.75, 3.05) is 11.9 Å². The van der Waals surface area contributed by atoms with Gasteiger partial charge in [0.05, 0.1) is 0 Å². The van der Waals surface area contributed by atoms with Crippen molar-refractivity contribution in [1.29, 1.82) is 0 Å². The van der Waals surface area contributed by atoms with Gasteiger partial charge in [-0.15, -0.1) is 0 Å². The molecule has 0 heterocycles. The molecule has 1 aromatic rings. The molecule has 0 aliphatic rings. The van der Waals surface area contributed by atoms with Crippen LogP contribution in [-0.2, 0) is 4.79 Å². The molecule has 1 unspecified atom stereocenters. The number of nitrogens with zero attached hydrogens (tertiary/aromatic N) is 1. The molecular formula is C13H17FN2O2. The Bertz CT molecular complexity index is 449. The number of nitrogens with two attached hydrogens (primary N) is 1. The van der Waals surface area contributed by atoms with Crippen molar-refractivity contribution in [2.24, 2.45) is 5.73 Å². The lowest BCUT2D eigenvalue weighted by molar-refractivity contribution is -0.119. The minimum absolute atomic E-state index is 0.208. The van der Waals surface area contributed by atoms with Crippen LogP contribution < -0.4 is 10.6 Å². The maximum atomic E-state index is 13.0. The van der Waals surface area contributed by atoms with Crippen molar-refractivity contribution in [3.63, 3.8) is 0 Å². The number of rotatable bonds is 6. The topological polar surface area (TPSA) is 63.4 Å². The van der Waals surface area contributed by atoms with Crippen LogP contribution in [0.25, 0.3) is 0 Å². The van der Waals surface area contributed by atoms with E-state index in [1.54, 1.807) is 11.9 Å². The molecule has 4 nitrogen and oxygen atoms in total. The van der Waals surface area contributed by atoms with Gasteiger partial charge < -0.3 is 10.6 Å². The lowest BCUT2D eigenvalue weighted by Gasteiger charge is -2.28. The number of amides is 1. The van der Waals surface area contributed by atoms with Crippen LogP contribution in [-0.4, -0.2) is 25.3 Å². The van der Waals surface area contributed by atoms with Crippen molar-refractivity contribution < 1.29 is 14.0 Å². The third kappa shape index (κ3) is 3.06. The quantitative estimate of drug-likeness (QED) is 0.784. The number of carbonyl (C=O) groups excluding carboxylic acids is 2. The molecule has 0 radical (unpaired) electrons. The van der Waals surface area contributed by atoms with Gasteiger partial charge in [0.15, 0.2) is 6.29 Å². The zero-order chi connectivity index (χ0) is 13.7. The van der Waals surface area contributed by atoms with Crippen LogP contribution in [0, 0.1) is 5.82 Å². The van der Waals surface area contributed by atoms with E-state index in [0.29, 0.717) is 18.4 Å². The highest BCUT2D eigenvalue weighted by Gasteiger charge is 2.22. The zero-order valence-corrected chi connectivity index (χ0v) is 10.5. The lowest BCUT2D eigenvalue weighted by Crippen LogP contribution is -2.43. The average molecular weight is 252 g/mol. The van der Waals surface area contributed by atoms with Crippen molar-refractivity contribution in [1.82, 2.24) is 0 Å². The highest BCUT2D eigenvalue weighted by molar-refractivity contribution is 5.88. The summed E-state index contributed by atoms with van der Waals surface area (Å²) in [6, 6.07) is 3.37. The molecule has 1 amide bonds. The molecule has 5 heteroatoms. The Balaban J connectivity index is 3.11. The van der Waals surface area contributed by atoms with E-state index in [2.05, 4.69) is 0 Å². The van der Waals surface area contributed by atoms with Crippen LogP contribution in [0.3, 0.4) is 0 Å². The van der Waals surface area contributed by atoms with Crippen molar-refractivity contribution in [3.05, 3.63) is 29.6 Å². The molecule has 0 spiro atoms. The van der Waals surface area contributed by atoms with E-state index in [9.17, 15) is 14.0 Å². The van der Waals surface area contributed by atoms with Crippen LogP contribution in [0.1, 0.15) is 30.1 Å². The van der Waals surface area contributed by atoms with Gasteiger partial charge in [0.25, 0.3) is 0 Å². The number of carbonyl (C=O) groups is 2. The average Bonchev–Trinajstić information content (AvgIpc) is 2.34. The molecule has 0 saturated carbocycles. The van der Waals surface area contributed by atoms with Gasteiger partial charge in [-0.05, 0) is 24.6 Å². The van der Waals surface area contributed by atoms with Crippen LogP contribution in [0.5, 0.6) is 0 Å². The highest BCUT2D eigenvalue weighted by Crippen LogP contribution is 2.22. The largest absolute Gasteiger partial charge is 0.368 e. The van der Waals surface area contributed by atoms with Gasteiger partial charge in [0.1, 0.15) is 11.9 Å². The fourth-order valence-electron chi connectivity index (χ4n) is 1.91. The molecule has 0 fully saturated rings. The first-order chi connectivity index (χ1) is 8.51. The predicted molar refractivity (Wildman–Crippen MR) is 68.1 cm³/mol. The monoisotopic (exact) mass is 252 g/mol. The third-order valence-electron chi connectivity index (χ3n) is 2.85. The number of aldehydes is 1. The normalized spacial score (nSPS) is 11.9. The first kappa shape index (κ1) is 14.2. The molecular weight excluding hydrogens is 235 g/mol. The Morgan fingerprint density at radius 3 is 2.72 bits per heavy atom. The van der Waals surface area contributed by atoms with Crippen LogP contribution >= 0.6 is 0 Å². The van der Waals surface area contributed by atoms with Gasteiger partial charge >= 0.3 is 0 Å². The van der Waals surface area contributed by atoms with E-state index in [4.69, 9.17) is 5.73 Å². The Morgan fingerprint density at radius 1 is 1.56 bits per heavy atom. The van der Waals surface area contributed by atoms with Crippen molar-refractivity contribution in [2.45, 2.75) is 25.8 Å². The number of likely N-dealkylation sites (N-methyl/N-ethyl adjacent to an activating group) is 1. The van der Waals surface area contributed by atoms with E-state index >= 15 is 0 Å². The van der Waals surface area contributed by atoms with Gasteiger partial charge in [-0.2, -0.15) is 0 Å². The third-order valence-corrected chi connectivity index (χ3v) is 2.85. The summed E-state index contributed by atoms with van der Waals surface area (Å²) in [5.41, 5.74) is 6.05. The summed E-state index contributed by atoms with van der Waals surface area (Å²) in [4.78, 5) is 23.9. The minimum Gasteiger partial charge on any atom is -0.368 e. The Morgan fingerprint density at radius 2 is 2.22 bits per heavy atom. The SMILES string of the molecule is CCCC(C(N)=O)N(C)c1ccc(F)cc1C=O. The molecule has 1 rings (SSSR count). The molecule has 98 valence electrons. The van der Waals surface area contributed by atoms with Gasteiger partial charge in [0, 0.05) is 18.3 Å². The van der Waals surface area contributed by atoms with E-state index in [-0.39, 0.29) is 5.56 Å². The summed E-state index contributed by atoms with van der Waals surface area (Å²) in [6.45, 7) is 1.94. The van der Waals surface area contributed by atoms with Crippen LogP contribution in [0.4, 0.5) is 10.1 Å². The van der Waals surface area contributed by atoms with E-state index in [1.807, 2.05) is 6.92 Å². The summed E-state index contributed by atoms with van der Waals surface area (Å²) in [5, 5.41) is 0. The molecule has 2 N–H and O–H groups in total. The first-order valence-electron chi connectivity index (χ1n) is 5.78. The zero-order valence-electron chi connectivity index (χ0n) is 10.5. The molecule has 18 heavy (non-hydrogen) atoms. The molecule has 0 saturated heterocycles. The predicted octanol–water partition coefficient (Wildman–Crippen LogP) is 1.73. The number of benzene rings is 1. The second kappa shape index (κ2) is 6.14. The van der Waals surface area contributed by atoms with E-state index < -0.39 is 17.8 Å². The molecule has 0 aliphatic heterocycles. The lowest BCUT2D eigenvalue weighted by atomic mass is 10.1. The standard InChI is InChI=1S/C13H17FN2O2/c1-3-4-12(13(15)18)16(2)11-6-5-10(14)7-9(11)8-17/h5-8,12H,3-4H2,1-2H3,(H2,15,18). The summed E-state index contributed by atoms with van der Waals surface area (Å²) >= 11 is 0. The number of hydrogen-bond donors (Lipinski definition) is 1. The molecule has 0 aromatic heterocycles. The van der Waals surface area contributed by atoms with Crippen molar-refractivity contribution in [3.8, 4) is 0 Å². The Kier molecular flexibility index (Phi) is 4.83. The number of anilines is 1. The molecule has 1 aromatic carbocycles. The summed E-state index contributed by atoms with van der Waals surface area (Å²) in [7, 11) is 1.67. The fraction of sp³-hybridized carbons (Fsp3) is 0.385. The summed E-state index contributed by atoms with van der Waals surface area (Å²) in [6.07, 6.45) is 1.94. The second-order valence-electron chi connectivity index (χ2n) is 4.14. The van der Waals surface area contributed by atoms with E-state index in [0.717, 1.165) is 12.5 Å². The maximum absolute atomic E-state index is 13.0. The summed E-state index contributed by atoms with van der Waals surface area (Å²) < 4.78 is 13.0. The molecule has 0 bridgehead atoms. The maximum Gasteiger partial charge on any atom is 0.240 e. The van der Waals surface area contributed by atoms with Gasteiger partial charge in [-0.25, -0.2) is 4.39 Å². The smallest absolute Gasteiger partial charge is 0.240 e. The number of primary amides is 1. The minimum atomic E-state index is -0.501. The van der Waals surface area contributed by atoms with Gasteiger partial charge in [-0.1, -0.05) is 13.3 Å². The van der Waals surface area contributed by atoms with E-state index in [1.165, 1.54) is 12.1 Å². The number of halogens is 1. The highest BCUT2D eigenvalue weighted by atomic mass is 19.1. The first-order valence-corrected chi connectivity index (χ1v) is 5.78. The van der Waals surface area contributed by atoms with Crippen molar-refractivity contribution >= 4 is 17.9 Å². The Labute approximate surface area is 106 Å². The van der Waals surface area contributed by atoms with Crippen LogP contribution in [0.2, 0.25) is 0 Å². The second-order valence-corrected chi connectivity index (χ2v) is 4.14.